The molecule has 0 heterocycles. The molecule has 1 saturated carbocycles. The van der Waals surface area contributed by atoms with Gasteiger partial charge in [-0.3, -0.25) is 0 Å². The minimum atomic E-state index is 0.726. The van der Waals surface area contributed by atoms with Crippen LogP contribution in [0.4, 0.5) is 0 Å². The smallest absolute Gasteiger partial charge is 0.00746 e. The number of rotatable bonds is 2. The van der Waals surface area contributed by atoms with E-state index in [2.05, 4.69) is 13.5 Å². The lowest BCUT2D eigenvalue weighted by atomic mass is 9.90. The van der Waals surface area contributed by atoms with Crippen molar-refractivity contribution in [3.63, 3.8) is 0 Å². The van der Waals surface area contributed by atoms with E-state index in [1.54, 1.807) is 0 Å². The Balaban J connectivity index is 2.42. The van der Waals surface area contributed by atoms with Gasteiger partial charge in [0, 0.05) is 0 Å². The molecule has 1 nitrogen and oxygen atoms in total. The van der Waals surface area contributed by atoms with E-state index in [1.165, 1.54) is 37.7 Å². The average molecular weight is 167 g/mol. The number of hydrogen-bond donors (Lipinski definition) is 1. The van der Waals surface area contributed by atoms with Gasteiger partial charge >= 0.3 is 0 Å². The van der Waals surface area contributed by atoms with Crippen LogP contribution in [0.1, 0.15) is 39.0 Å². The third-order valence-corrected chi connectivity index (χ3v) is 3.07. The Morgan fingerprint density at radius 1 is 1.58 bits per heavy atom. The first-order chi connectivity index (χ1) is 5.74. The van der Waals surface area contributed by atoms with Crippen LogP contribution in [0.15, 0.2) is 12.2 Å². The molecule has 1 fully saturated rings. The third kappa shape index (κ3) is 2.63. The van der Waals surface area contributed by atoms with Gasteiger partial charge in [-0.05, 0) is 44.1 Å². The molecule has 0 spiro atoms. The summed E-state index contributed by atoms with van der Waals surface area (Å²) < 4.78 is 0. The van der Waals surface area contributed by atoms with Crippen LogP contribution in [0.25, 0.3) is 0 Å². The Morgan fingerprint density at radius 3 is 3.00 bits per heavy atom. The van der Waals surface area contributed by atoms with Gasteiger partial charge in [0.05, 0.1) is 0 Å². The standard InChI is InChI=1S/C11H21N/c1-9-4-3-5-11(6-7-12)8-10(9)2/h10-11H,1,3-8,12H2,2H3. The molecule has 0 bridgehead atoms. The first kappa shape index (κ1) is 9.79. The second kappa shape index (κ2) is 4.66. The van der Waals surface area contributed by atoms with E-state index in [4.69, 9.17) is 5.73 Å². The Bertz CT molecular complexity index is 151. The molecule has 0 aromatic rings. The fourth-order valence-electron chi connectivity index (χ4n) is 2.15. The Kier molecular flexibility index (Phi) is 3.80. The van der Waals surface area contributed by atoms with Gasteiger partial charge in [0.2, 0.25) is 0 Å². The zero-order chi connectivity index (χ0) is 8.97. The lowest BCUT2D eigenvalue weighted by molar-refractivity contribution is 0.398. The van der Waals surface area contributed by atoms with Crippen molar-refractivity contribution in [3.05, 3.63) is 12.2 Å². The highest BCUT2D eigenvalue weighted by molar-refractivity contribution is 5.01. The van der Waals surface area contributed by atoms with Crippen molar-refractivity contribution in [1.29, 1.82) is 0 Å². The van der Waals surface area contributed by atoms with Crippen LogP contribution >= 0.6 is 0 Å². The summed E-state index contributed by atoms with van der Waals surface area (Å²) in [6, 6.07) is 0. The third-order valence-electron chi connectivity index (χ3n) is 3.07. The van der Waals surface area contributed by atoms with Crippen molar-refractivity contribution in [2.75, 3.05) is 6.54 Å². The molecular weight excluding hydrogens is 146 g/mol. The van der Waals surface area contributed by atoms with Crippen LogP contribution in [0, 0.1) is 11.8 Å². The fourth-order valence-corrected chi connectivity index (χ4v) is 2.15. The minimum Gasteiger partial charge on any atom is -0.330 e. The summed E-state index contributed by atoms with van der Waals surface area (Å²) in [6.45, 7) is 7.27. The van der Waals surface area contributed by atoms with Gasteiger partial charge in [-0.2, -0.15) is 0 Å². The van der Waals surface area contributed by atoms with Crippen LogP contribution in [0.3, 0.4) is 0 Å². The number of allylic oxidation sites excluding steroid dienone is 1. The van der Waals surface area contributed by atoms with Gasteiger partial charge in [-0.15, -0.1) is 0 Å². The van der Waals surface area contributed by atoms with Crippen LogP contribution < -0.4 is 5.73 Å². The first-order valence-electron chi connectivity index (χ1n) is 5.11. The maximum absolute atomic E-state index is 5.57. The molecule has 2 unspecified atom stereocenters. The SMILES string of the molecule is C=C1CCCC(CCN)CC1C. The van der Waals surface area contributed by atoms with Crippen molar-refractivity contribution < 1.29 is 0 Å². The fraction of sp³-hybridized carbons (Fsp3) is 0.818. The van der Waals surface area contributed by atoms with Crippen LogP contribution in [-0.4, -0.2) is 6.54 Å². The van der Waals surface area contributed by atoms with E-state index in [0.29, 0.717) is 0 Å². The number of nitrogens with two attached hydrogens (primary N) is 1. The summed E-state index contributed by atoms with van der Waals surface area (Å²) in [4.78, 5) is 0. The predicted molar refractivity (Wildman–Crippen MR) is 53.9 cm³/mol. The van der Waals surface area contributed by atoms with E-state index in [-0.39, 0.29) is 0 Å². The molecule has 0 amide bonds. The van der Waals surface area contributed by atoms with Gasteiger partial charge in [0.1, 0.15) is 0 Å². The molecular formula is C11H21N. The maximum atomic E-state index is 5.57. The van der Waals surface area contributed by atoms with E-state index in [1.807, 2.05) is 0 Å². The van der Waals surface area contributed by atoms with Crippen molar-refractivity contribution in [3.8, 4) is 0 Å². The van der Waals surface area contributed by atoms with Crippen LogP contribution in [0.2, 0.25) is 0 Å². The summed E-state index contributed by atoms with van der Waals surface area (Å²) in [6.07, 6.45) is 6.45. The summed E-state index contributed by atoms with van der Waals surface area (Å²) in [5.74, 6) is 1.59. The molecule has 2 atom stereocenters. The molecule has 1 aliphatic rings. The highest BCUT2D eigenvalue weighted by Gasteiger charge is 2.18. The lowest BCUT2D eigenvalue weighted by Crippen LogP contribution is -2.10. The second-order valence-electron chi connectivity index (χ2n) is 4.13. The average Bonchev–Trinajstić information content (AvgIpc) is 2.16. The molecule has 70 valence electrons. The molecule has 0 radical (unpaired) electrons. The van der Waals surface area contributed by atoms with Crippen molar-refractivity contribution >= 4 is 0 Å². The zero-order valence-corrected chi connectivity index (χ0v) is 8.18. The lowest BCUT2D eigenvalue weighted by Gasteiger charge is -2.16. The largest absolute Gasteiger partial charge is 0.330 e. The van der Waals surface area contributed by atoms with E-state index >= 15 is 0 Å². The Hall–Kier alpha value is -0.300. The van der Waals surface area contributed by atoms with Gasteiger partial charge in [-0.25, -0.2) is 0 Å². The van der Waals surface area contributed by atoms with Crippen LogP contribution in [-0.2, 0) is 0 Å². The molecule has 2 N–H and O–H groups in total. The predicted octanol–water partition coefficient (Wildman–Crippen LogP) is 2.72. The van der Waals surface area contributed by atoms with Gasteiger partial charge in [-0.1, -0.05) is 25.5 Å². The molecule has 0 aromatic heterocycles. The molecule has 1 aliphatic carbocycles. The van der Waals surface area contributed by atoms with Crippen molar-refractivity contribution in [2.24, 2.45) is 17.6 Å². The summed E-state index contributed by atoms with van der Waals surface area (Å²) in [7, 11) is 0. The zero-order valence-electron chi connectivity index (χ0n) is 8.18. The highest BCUT2D eigenvalue weighted by atomic mass is 14.5. The Labute approximate surface area is 76.0 Å². The maximum Gasteiger partial charge on any atom is -0.00746 e. The highest BCUT2D eigenvalue weighted by Crippen LogP contribution is 2.31. The quantitative estimate of drug-likeness (QED) is 0.496. The minimum absolute atomic E-state index is 0.726. The van der Waals surface area contributed by atoms with E-state index in [9.17, 15) is 0 Å². The van der Waals surface area contributed by atoms with E-state index < -0.39 is 0 Å². The molecule has 0 saturated heterocycles. The van der Waals surface area contributed by atoms with Gasteiger partial charge < -0.3 is 5.73 Å². The summed E-state index contributed by atoms with van der Waals surface area (Å²) >= 11 is 0. The molecule has 0 aliphatic heterocycles. The second-order valence-corrected chi connectivity index (χ2v) is 4.13. The topological polar surface area (TPSA) is 26.0 Å². The monoisotopic (exact) mass is 167 g/mol. The van der Waals surface area contributed by atoms with Gasteiger partial charge in [0.25, 0.3) is 0 Å². The Morgan fingerprint density at radius 2 is 2.33 bits per heavy atom. The molecule has 1 heteroatoms. The number of hydrogen-bond acceptors (Lipinski definition) is 1. The van der Waals surface area contributed by atoms with Gasteiger partial charge in [0.15, 0.2) is 0 Å². The summed E-state index contributed by atoms with van der Waals surface area (Å²) in [5.41, 5.74) is 7.02. The van der Waals surface area contributed by atoms with E-state index in [0.717, 1.165) is 18.4 Å². The molecule has 0 aromatic carbocycles. The van der Waals surface area contributed by atoms with Crippen LogP contribution in [0.5, 0.6) is 0 Å². The normalized spacial score (nSPS) is 31.7. The summed E-state index contributed by atoms with van der Waals surface area (Å²) in [5, 5.41) is 0. The first-order valence-corrected chi connectivity index (χ1v) is 5.11. The molecule has 1 rings (SSSR count). The van der Waals surface area contributed by atoms with Crippen molar-refractivity contribution in [2.45, 2.75) is 39.0 Å². The molecule has 12 heavy (non-hydrogen) atoms. The van der Waals surface area contributed by atoms with Crippen molar-refractivity contribution in [1.82, 2.24) is 0 Å².